The molecule has 1 aromatic rings. The Morgan fingerprint density at radius 2 is 1.55 bits per heavy atom. The largest absolute Gasteiger partial charge is 0.207 e. The summed E-state index contributed by atoms with van der Waals surface area (Å²) in [7, 11) is 0. The molecule has 1 aromatic carbocycles. The van der Waals surface area contributed by atoms with Crippen LogP contribution in [-0.2, 0) is 0 Å². The van der Waals surface area contributed by atoms with Gasteiger partial charge in [-0.15, -0.1) is 0 Å². The highest BCUT2D eigenvalue weighted by Gasteiger charge is 2.25. The fourth-order valence-electron chi connectivity index (χ4n) is 3.30. The van der Waals surface area contributed by atoms with E-state index in [0.29, 0.717) is 11.6 Å². The van der Waals surface area contributed by atoms with Gasteiger partial charge in [0.15, 0.2) is 11.6 Å². The molecule has 0 unspecified atom stereocenters. The highest BCUT2D eigenvalue weighted by molar-refractivity contribution is 5.24. The van der Waals surface area contributed by atoms with Gasteiger partial charge in [0.25, 0.3) is 0 Å². The molecule has 0 bridgehead atoms. The molecule has 0 N–H and O–H groups in total. The van der Waals surface area contributed by atoms with E-state index in [0.717, 1.165) is 37.7 Å². The van der Waals surface area contributed by atoms with E-state index >= 15 is 0 Å². The van der Waals surface area contributed by atoms with Gasteiger partial charge >= 0.3 is 0 Å². The highest BCUT2D eigenvalue weighted by Crippen LogP contribution is 2.39. The molecule has 0 saturated heterocycles. The van der Waals surface area contributed by atoms with Gasteiger partial charge < -0.3 is 0 Å². The molecule has 112 valence electrons. The summed E-state index contributed by atoms with van der Waals surface area (Å²) < 4.78 is 40.0. The second-order valence-electron chi connectivity index (χ2n) is 6.00. The van der Waals surface area contributed by atoms with E-state index in [1.165, 1.54) is 25.7 Å². The molecule has 1 aliphatic rings. The second kappa shape index (κ2) is 7.14. The van der Waals surface area contributed by atoms with Gasteiger partial charge in [-0.25, -0.2) is 13.2 Å². The lowest BCUT2D eigenvalue weighted by Crippen LogP contribution is -2.15. The van der Waals surface area contributed by atoms with E-state index in [1.54, 1.807) is 0 Å². The molecule has 0 spiro atoms. The zero-order valence-corrected chi connectivity index (χ0v) is 12.1. The van der Waals surface area contributed by atoms with Crippen molar-refractivity contribution in [1.29, 1.82) is 0 Å². The van der Waals surface area contributed by atoms with Crippen LogP contribution in [0.25, 0.3) is 0 Å². The lowest BCUT2D eigenvalue weighted by atomic mass is 9.77. The molecule has 0 aliphatic heterocycles. The van der Waals surface area contributed by atoms with Crippen LogP contribution in [0, 0.1) is 23.4 Å². The van der Waals surface area contributed by atoms with Gasteiger partial charge in [-0.3, -0.25) is 0 Å². The molecule has 0 aromatic heterocycles. The summed E-state index contributed by atoms with van der Waals surface area (Å²) in [6.07, 6.45) is 8.95. The van der Waals surface area contributed by atoms with Crippen molar-refractivity contribution in [3.63, 3.8) is 0 Å². The third kappa shape index (κ3) is 3.77. The van der Waals surface area contributed by atoms with Crippen molar-refractivity contribution in [2.75, 3.05) is 0 Å². The van der Waals surface area contributed by atoms with Crippen LogP contribution in [0.2, 0.25) is 0 Å². The van der Waals surface area contributed by atoms with Crippen molar-refractivity contribution in [3.8, 4) is 0 Å². The first-order valence-corrected chi connectivity index (χ1v) is 7.76. The summed E-state index contributed by atoms with van der Waals surface area (Å²) in [4.78, 5) is 0. The molecular weight excluding hydrogens is 261 g/mol. The lowest BCUT2D eigenvalue weighted by molar-refractivity contribution is 0.298. The SMILES string of the molecule is CCCCC[C@H]1CC[C@H](c2cc(F)c(F)cc2F)CC1. The van der Waals surface area contributed by atoms with Crippen LogP contribution >= 0.6 is 0 Å². The zero-order valence-electron chi connectivity index (χ0n) is 12.1. The monoisotopic (exact) mass is 284 g/mol. The van der Waals surface area contributed by atoms with E-state index < -0.39 is 17.5 Å². The predicted octanol–water partition coefficient (Wildman–Crippen LogP) is 5.96. The van der Waals surface area contributed by atoms with Gasteiger partial charge in [-0.05, 0) is 49.1 Å². The number of benzene rings is 1. The van der Waals surface area contributed by atoms with Gasteiger partial charge in [0.2, 0.25) is 0 Å². The number of hydrogen-bond acceptors (Lipinski definition) is 0. The van der Waals surface area contributed by atoms with Crippen LogP contribution in [0.15, 0.2) is 12.1 Å². The molecule has 0 heterocycles. The van der Waals surface area contributed by atoms with Crippen LogP contribution in [-0.4, -0.2) is 0 Å². The summed E-state index contributed by atoms with van der Waals surface area (Å²) in [5.74, 6) is -1.86. The second-order valence-corrected chi connectivity index (χ2v) is 6.00. The fourth-order valence-corrected chi connectivity index (χ4v) is 3.30. The molecule has 3 heteroatoms. The van der Waals surface area contributed by atoms with E-state index in [4.69, 9.17) is 0 Å². The van der Waals surface area contributed by atoms with E-state index in [-0.39, 0.29) is 5.92 Å². The topological polar surface area (TPSA) is 0 Å². The predicted molar refractivity (Wildman–Crippen MR) is 75.2 cm³/mol. The van der Waals surface area contributed by atoms with Gasteiger partial charge in [0.05, 0.1) is 0 Å². The Morgan fingerprint density at radius 1 is 0.900 bits per heavy atom. The van der Waals surface area contributed by atoms with Crippen molar-refractivity contribution in [2.45, 2.75) is 64.2 Å². The number of hydrogen-bond donors (Lipinski definition) is 0. The lowest BCUT2D eigenvalue weighted by Gasteiger charge is -2.29. The smallest absolute Gasteiger partial charge is 0.161 e. The molecule has 0 radical (unpaired) electrons. The van der Waals surface area contributed by atoms with Crippen LogP contribution in [0.1, 0.15) is 69.8 Å². The first-order chi connectivity index (χ1) is 9.61. The van der Waals surface area contributed by atoms with Crippen LogP contribution in [0.5, 0.6) is 0 Å². The van der Waals surface area contributed by atoms with Crippen LogP contribution in [0.4, 0.5) is 13.2 Å². The van der Waals surface area contributed by atoms with Gasteiger partial charge in [-0.1, -0.05) is 32.6 Å². The van der Waals surface area contributed by atoms with E-state index in [9.17, 15) is 13.2 Å². The Balaban J connectivity index is 1.92. The van der Waals surface area contributed by atoms with Crippen molar-refractivity contribution in [1.82, 2.24) is 0 Å². The molecule has 0 atom stereocenters. The maximum absolute atomic E-state index is 13.8. The maximum atomic E-state index is 13.8. The van der Waals surface area contributed by atoms with Crippen molar-refractivity contribution >= 4 is 0 Å². The van der Waals surface area contributed by atoms with Crippen molar-refractivity contribution < 1.29 is 13.2 Å². The Labute approximate surface area is 119 Å². The molecule has 2 rings (SSSR count). The van der Waals surface area contributed by atoms with Gasteiger partial charge in [0.1, 0.15) is 5.82 Å². The quantitative estimate of drug-likeness (QED) is 0.462. The normalized spacial score (nSPS) is 23.0. The average Bonchev–Trinajstić information content (AvgIpc) is 2.44. The summed E-state index contributed by atoms with van der Waals surface area (Å²) >= 11 is 0. The third-order valence-electron chi connectivity index (χ3n) is 4.54. The van der Waals surface area contributed by atoms with Gasteiger partial charge in [0, 0.05) is 6.07 Å². The summed E-state index contributed by atoms with van der Waals surface area (Å²) in [6, 6.07) is 1.73. The summed E-state index contributed by atoms with van der Waals surface area (Å²) in [5.41, 5.74) is 0.357. The summed E-state index contributed by atoms with van der Waals surface area (Å²) in [5, 5.41) is 0. The first-order valence-electron chi connectivity index (χ1n) is 7.76. The third-order valence-corrected chi connectivity index (χ3v) is 4.54. The van der Waals surface area contributed by atoms with E-state index in [1.807, 2.05) is 0 Å². The summed E-state index contributed by atoms with van der Waals surface area (Å²) in [6.45, 7) is 2.20. The van der Waals surface area contributed by atoms with Gasteiger partial charge in [-0.2, -0.15) is 0 Å². The zero-order chi connectivity index (χ0) is 14.5. The first kappa shape index (κ1) is 15.4. The van der Waals surface area contributed by atoms with E-state index in [2.05, 4.69) is 6.92 Å². The number of halogens is 3. The Morgan fingerprint density at radius 3 is 2.20 bits per heavy atom. The van der Waals surface area contributed by atoms with Crippen LogP contribution in [0.3, 0.4) is 0 Å². The minimum absolute atomic E-state index is 0.0486. The Bertz CT molecular complexity index is 434. The minimum atomic E-state index is -1.10. The average molecular weight is 284 g/mol. The fraction of sp³-hybridized carbons (Fsp3) is 0.647. The Kier molecular flexibility index (Phi) is 5.50. The number of rotatable bonds is 5. The molecule has 1 saturated carbocycles. The minimum Gasteiger partial charge on any atom is -0.207 e. The standard InChI is InChI=1S/C17H23F3/c1-2-3-4-5-12-6-8-13(9-7-12)14-10-16(19)17(20)11-15(14)18/h10-13H,2-9H2,1H3/t12-,13-. The molecule has 0 nitrogen and oxygen atoms in total. The van der Waals surface area contributed by atoms with Crippen molar-refractivity contribution in [3.05, 3.63) is 35.1 Å². The number of unbranched alkanes of at least 4 members (excludes halogenated alkanes) is 2. The van der Waals surface area contributed by atoms with Crippen molar-refractivity contribution in [2.24, 2.45) is 5.92 Å². The van der Waals surface area contributed by atoms with Crippen LogP contribution < -0.4 is 0 Å². The highest BCUT2D eigenvalue weighted by atomic mass is 19.2. The molecular formula is C17H23F3. The molecule has 1 aliphatic carbocycles. The molecule has 20 heavy (non-hydrogen) atoms. The Hall–Kier alpha value is -0.990. The molecule has 1 fully saturated rings. The maximum Gasteiger partial charge on any atom is 0.161 e. The molecule has 0 amide bonds.